The molecule has 0 unspecified atom stereocenters. The Morgan fingerprint density at radius 3 is 2.35 bits per heavy atom. The molecule has 0 bridgehead atoms. The van der Waals surface area contributed by atoms with Crippen LogP contribution in [0.3, 0.4) is 0 Å². The van der Waals surface area contributed by atoms with Crippen molar-refractivity contribution in [1.82, 2.24) is 14.8 Å². The lowest BCUT2D eigenvalue weighted by molar-refractivity contribution is -0.132. The van der Waals surface area contributed by atoms with Gasteiger partial charge >= 0.3 is 0 Å². The summed E-state index contributed by atoms with van der Waals surface area (Å²) in [5, 5.41) is 1.16. The van der Waals surface area contributed by atoms with E-state index in [2.05, 4.69) is 24.0 Å². The number of H-pyrrole nitrogens is 1. The summed E-state index contributed by atoms with van der Waals surface area (Å²) in [5.74, 6) is 0.554. The molecule has 1 N–H and O–H groups in total. The van der Waals surface area contributed by atoms with Crippen molar-refractivity contribution in [2.45, 2.75) is 32.7 Å². The summed E-state index contributed by atoms with van der Waals surface area (Å²) in [5.41, 5.74) is 3.78. The molecular formula is C31H35N3O3. The van der Waals surface area contributed by atoms with Crippen molar-refractivity contribution in [2.24, 2.45) is 0 Å². The van der Waals surface area contributed by atoms with Gasteiger partial charge in [-0.2, -0.15) is 0 Å². The molecular weight excluding hydrogens is 462 g/mol. The minimum Gasteiger partial charge on any atom is -0.496 e. The van der Waals surface area contributed by atoms with E-state index in [0.717, 1.165) is 40.6 Å². The summed E-state index contributed by atoms with van der Waals surface area (Å²) in [6.07, 6.45) is 4.50. The van der Waals surface area contributed by atoms with Crippen molar-refractivity contribution in [3.8, 4) is 5.75 Å². The molecule has 0 saturated heterocycles. The maximum Gasteiger partial charge on any atom is 0.254 e. The molecule has 0 fully saturated rings. The highest BCUT2D eigenvalue weighted by Gasteiger charge is 2.23. The van der Waals surface area contributed by atoms with Crippen molar-refractivity contribution in [1.29, 1.82) is 0 Å². The van der Waals surface area contributed by atoms with Crippen LogP contribution in [0.1, 0.15) is 41.3 Å². The third kappa shape index (κ3) is 6.58. The number of amides is 2. The van der Waals surface area contributed by atoms with Gasteiger partial charge in [0.05, 0.1) is 7.11 Å². The number of carbonyl (C=O) groups is 2. The molecule has 6 heteroatoms. The first-order valence-corrected chi connectivity index (χ1v) is 12.9. The van der Waals surface area contributed by atoms with E-state index in [4.69, 9.17) is 4.74 Å². The van der Waals surface area contributed by atoms with Crippen LogP contribution in [0.15, 0.2) is 85.1 Å². The molecule has 2 amide bonds. The highest BCUT2D eigenvalue weighted by atomic mass is 16.5. The van der Waals surface area contributed by atoms with Crippen LogP contribution in [0.2, 0.25) is 0 Å². The molecule has 6 nitrogen and oxygen atoms in total. The predicted molar refractivity (Wildman–Crippen MR) is 148 cm³/mol. The van der Waals surface area contributed by atoms with Gasteiger partial charge in [0.15, 0.2) is 0 Å². The minimum atomic E-state index is -0.115. The van der Waals surface area contributed by atoms with Gasteiger partial charge in [0.2, 0.25) is 5.91 Å². The average molecular weight is 498 g/mol. The monoisotopic (exact) mass is 497 g/mol. The lowest BCUT2D eigenvalue weighted by Crippen LogP contribution is -2.43. The molecule has 0 atom stereocenters. The van der Waals surface area contributed by atoms with Gasteiger partial charge < -0.3 is 19.5 Å². The van der Waals surface area contributed by atoms with Crippen LogP contribution in [0.25, 0.3) is 10.9 Å². The van der Waals surface area contributed by atoms with E-state index < -0.39 is 0 Å². The number of nitrogens with zero attached hydrogens (tertiary/aromatic N) is 2. The first-order valence-electron chi connectivity index (χ1n) is 12.9. The normalized spacial score (nSPS) is 10.9. The second kappa shape index (κ2) is 12.8. The number of methoxy groups -OCH3 is 1. The number of hydrogen-bond donors (Lipinski definition) is 1. The molecule has 192 valence electrons. The summed E-state index contributed by atoms with van der Waals surface area (Å²) < 4.78 is 5.56. The molecule has 0 spiro atoms. The van der Waals surface area contributed by atoms with Gasteiger partial charge in [0.25, 0.3) is 5.91 Å². The number of aromatic amines is 1. The lowest BCUT2D eigenvalue weighted by atomic mass is 10.1. The van der Waals surface area contributed by atoms with Crippen LogP contribution in [0.5, 0.6) is 5.75 Å². The largest absolute Gasteiger partial charge is 0.496 e. The maximum absolute atomic E-state index is 13.8. The zero-order valence-electron chi connectivity index (χ0n) is 21.7. The van der Waals surface area contributed by atoms with Crippen LogP contribution in [-0.2, 0) is 17.8 Å². The van der Waals surface area contributed by atoms with Crippen molar-refractivity contribution in [2.75, 3.05) is 26.7 Å². The molecule has 4 rings (SSSR count). The topological polar surface area (TPSA) is 65.6 Å². The van der Waals surface area contributed by atoms with Crippen LogP contribution < -0.4 is 4.74 Å². The van der Waals surface area contributed by atoms with Crippen molar-refractivity contribution < 1.29 is 14.3 Å². The van der Waals surface area contributed by atoms with Gasteiger partial charge in [-0.3, -0.25) is 9.59 Å². The number of fused-ring (bicyclic) bond motifs is 1. The zero-order chi connectivity index (χ0) is 26.0. The Morgan fingerprint density at radius 1 is 0.838 bits per heavy atom. The standard InChI is InChI=1S/C31H35N3O3/c1-3-4-19-34(31(36)24-12-6-5-7-13-24)23-30(35)33(22-26-14-8-11-17-29(26)37-2)20-18-25-21-32-28-16-10-9-15-27(25)28/h5-17,21,32H,3-4,18-20,22-23H2,1-2H3. The molecule has 0 radical (unpaired) electrons. The highest BCUT2D eigenvalue weighted by molar-refractivity contribution is 5.96. The van der Waals surface area contributed by atoms with Gasteiger partial charge in [-0.15, -0.1) is 0 Å². The van der Waals surface area contributed by atoms with Crippen molar-refractivity contribution in [3.05, 3.63) is 102 Å². The van der Waals surface area contributed by atoms with E-state index in [0.29, 0.717) is 31.6 Å². The molecule has 1 heterocycles. The second-order valence-electron chi connectivity index (χ2n) is 9.18. The molecule has 0 aliphatic heterocycles. The molecule has 0 aliphatic carbocycles. The first kappa shape index (κ1) is 26.0. The molecule has 1 aromatic heterocycles. The number of para-hydroxylation sites is 2. The number of benzene rings is 3. The van der Waals surface area contributed by atoms with Crippen LogP contribution >= 0.6 is 0 Å². The Balaban J connectivity index is 1.56. The van der Waals surface area contributed by atoms with Gasteiger partial charge in [0.1, 0.15) is 12.3 Å². The third-order valence-corrected chi connectivity index (χ3v) is 6.65. The number of rotatable bonds is 12. The van der Waals surface area contributed by atoms with Crippen LogP contribution in [0, 0.1) is 0 Å². The fourth-order valence-corrected chi connectivity index (χ4v) is 4.55. The summed E-state index contributed by atoms with van der Waals surface area (Å²) >= 11 is 0. The van der Waals surface area contributed by atoms with Gasteiger partial charge in [-0.1, -0.05) is 67.9 Å². The molecule has 0 aliphatic rings. The van der Waals surface area contributed by atoms with Crippen molar-refractivity contribution >= 4 is 22.7 Å². The Kier molecular flexibility index (Phi) is 8.98. The number of nitrogens with one attached hydrogen (secondary N) is 1. The van der Waals surface area contributed by atoms with Gasteiger partial charge in [0, 0.05) is 47.9 Å². The van der Waals surface area contributed by atoms with Gasteiger partial charge in [-0.05, 0) is 42.7 Å². The Hall–Kier alpha value is -4.06. The fraction of sp³-hybridized carbons (Fsp3) is 0.290. The van der Waals surface area contributed by atoms with E-state index in [1.807, 2.05) is 65.7 Å². The Morgan fingerprint density at radius 2 is 1.57 bits per heavy atom. The molecule has 37 heavy (non-hydrogen) atoms. The van der Waals surface area contributed by atoms with E-state index in [1.54, 1.807) is 24.1 Å². The number of carbonyl (C=O) groups excluding carboxylic acids is 2. The molecule has 3 aromatic carbocycles. The first-order chi connectivity index (χ1) is 18.1. The lowest BCUT2D eigenvalue weighted by Gasteiger charge is -2.28. The predicted octanol–water partition coefficient (Wildman–Crippen LogP) is 5.69. The van der Waals surface area contributed by atoms with E-state index in [9.17, 15) is 9.59 Å². The SMILES string of the molecule is CCCCN(CC(=O)N(CCc1c[nH]c2ccccc12)Cc1ccccc1OC)C(=O)c1ccccc1. The Bertz CT molecular complexity index is 1320. The summed E-state index contributed by atoms with van der Waals surface area (Å²) in [6, 6.07) is 25.1. The van der Waals surface area contributed by atoms with E-state index >= 15 is 0 Å². The Labute approximate surface area is 218 Å². The van der Waals surface area contributed by atoms with Crippen LogP contribution in [0.4, 0.5) is 0 Å². The van der Waals surface area contributed by atoms with Crippen LogP contribution in [-0.4, -0.2) is 53.3 Å². The summed E-state index contributed by atoms with van der Waals surface area (Å²) in [6.45, 7) is 3.60. The summed E-state index contributed by atoms with van der Waals surface area (Å²) in [4.78, 5) is 33.9. The number of hydrogen-bond acceptors (Lipinski definition) is 3. The number of unbranched alkanes of at least 4 members (excludes halogenated alkanes) is 1. The minimum absolute atomic E-state index is 0.0385. The van der Waals surface area contributed by atoms with Crippen molar-refractivity contribution in [3.63, 3.8) is 0 Å². The highest BCUT2D eigenvalue weighted by Crippen LogP contribution is 2.22. The van der Waals surface area contributed by atoms with E-state index in [1.165, 1.54) is 0 Å². The van der Waals surface area contributed by atoms with E-state index in [-0.39, 0.29) is 18.4 Å². The summed E-state index contributed by atoms with van der Waals surface area (Å²) in [7, 11) is 1.64. The molecule has 4 aromatic rings. The third-order valence-electron chi connectivity index (χ3n) is 6.65. The quantitative estimate of drug-likeness (QED) is 0.273. The fourth-order valence-electron chi connectivity index (χ4n) is 4.55. The van der Waals surface area contributed by atoms with Gasteiger partial charge in [-0.25, -0.2) is 0 Å². The molecule has 0 saturated carbocycles. The maximum atomic E-state index is 13.8. The number of aromatic nitrogens is 1. The average Bonchev–Trinajstić information content (AvgIpc) is 3.36. The number of ether oxygens (including phenoxy) is 1. The smallest absolute Gasteiger partial charge is 0.254 e. The second-order valence-corrected chi connectivity index (χ2v) is 9.18. The zero-order valence-corrected chi connectivity index (χ0v) is 21.7.